The number of benzene rings is 1. The molecule has 0 aliphatic heterocycles. The Morgan fingerprint density at radius 2 is 1.95 bits per heavy atom. The van der Waals surface area contributed by atoms with Gasteiger partial charge in [0.05, 0.1) is 11.0 Å². The van der Waals surface area contributed by atoms with Crippen LogP contribution >= 0.6 is 0 Å². The number of carbonyl (C=O) groups is 1. The van der Waals surface area contributed by atoms with Gasteiger partial charge in [-0.3, -0.25) is 14.9 Å². The van der Waals surface area contributed by atoms with Gasteiger partial charge in [0.2, 0.25) is 0 Å². The summed E-state index contributed by atoms with van der Waals surface area (Å²) in [5.74, 6) is -3.93. The van der Waals surface area contributed by atoms with E-state index in [0.717, 1.165) is 0 Å². The number of aliphatic hydroxyl groups is 1. The summed E-state index contributed by atoms with van der Waals surface area (Å²) in [6, 6.07) is 0.365. The monoisotopic (exact) mass is 288 g/mol. The van der Waals surface area contributed by atoms with Crippen LogP contribution in [0.15, 0.2) is 12.1 Å². The van der Waals surface area contributed by atoms with Gasteiger partial charge in [0, 0.05) is 12.6 Å². The third-order valence-corrected chi connectivity index (χ3v) is 2.98. The zero-order chi connectivity index (χ0) is 15.4. The molecule has 8 heteroatoms. The summed E-state index contributed by atoms with van der Waals surface area (Å²) in [5, 5.41) is 22.1. The Bertz CT molecular complexity index is 536. The van der Waals surface area contributed by atoms with E-state index in [-0.39, 0.29) is 12.5 Å². The number of nitrogens with one attached hydrogen (secondary N) is 1. The Labute approximate surface area is 113 Å². The maximum Gasteiger partial charge on any atom is 0.285 e. The maximum atomic E-state index is 13.1. The molecular weight excluding hydrogens is 274 g/mol. The zero-order valence-corrected chi connectivity index (χ0v) is 10.9. The molecule has 0 saturated heterocycles. The van der Waals surface area contributed by atoms with Crippen LogP contribution in [0.5, 0.6) is 0 Å². The predicted octanol–water partition coefficient (Wildman–Crippen LogP) is 1.62. The summed E-state index contributed by atoms with van der Waals surface area (Å²) in [4.78, 5) is 21.7. The van der Waals surface area contributed by atoms with Crippen LogP contribution in [0.1, 0.15) is 24.2 Å². The zero-order valence-electron chi connectivity index (χ0n) is 10.9. The number of hydrogen-bond acceptors (Lipinski definition) is 4. The van der Waals surface area contributed by atoms with Gasteiger partial charge in [0.25, 0.3) is 11.6 Å². The second kappa shape index (κ2) is 6.38. The van der Waals surface area contributed by atoms with E-state index in [1.165, 1.54) is 0 Å². The van der Waals surface area contributed by atoms with Crippen LogP contribution in [0, 0.1) is 27.7 Å². The first-order valence-corrected chi connectivity index (χ1v) is 5.83. The number of nitro groups is 1. The maximum absolute atomic E-state index is 13.1. The largest absolute Gasteiger partial charge is 0.396 e. The number of hydrogen-bond donors (Lipinski definition) is 2. The molecule has 0 aliphatic carbocycles. The van der Waals surface area contributed by atoms with E-state index in [9.17, 15) is 23.7 Å². The number of nitro benzene ring substituents is 1. The minimum atomic E-state index is -1.40. The Balaban J connectivity index is 3.09. The van der Waals surface area contributed by atoms with Crippen LogP contribution < -0.4 is 5.32 Å². The lowest BCUT2D eigenvalue weighted by Gasteiger charge is -2.19. The molecule has 1 rings (SSSR count). The standard InChI is InChI=1S/C12H14F2N2O4/c1-6(5-17)7(2)15-12(18)8-3-9(13)10(14)4-11(8)16(19)20/h3-4,6-7,17H,5H2,1-2H3,(H,15,18). The molecule has 0 aromatic heterocycles. The molecule has 1 amide bonds. The molecule has 110 valence electrons. The first-order valence-electron chi connectivity index (χ1n) is 5.83. The summed E-state index contributed by atoms with van der Waals surface area (Å²) >= 11 is 0. The van der Waals surface area contributed by atoms with Crippen LogP contribution in [0.3, 0.4) is 0 Å². The molecule has 20 heavy (non-hydrogen) atoms. The molecule has 2 unspecified atom stereocenters. The number of nitrogens with zero attached hydrogens (tertiary/aromatic N) is 1. The molecule has 6 nitrogen and oxygen atoms in total. The lowest BCUT2D eigenvalue weighted by molar-refractivity contribution is -0.385. The third kappa shape index (κ3) is 3.47. The fourth-order valence-corrected chi connectivity index (χ4v) is 1.45. The van der Waals surface area contributed by atoms with E-state index in [0.29, 0.717) is 12.1 Å². The molecule has 0 radical (unpaired) electrons. The van der Waals surface area contributed by atoms with Crippen molar-refractivity contribution in [3.8, 4) is 0 Å². The van der Waals surface area contributed by atoms with Gasteiger partial charge in [0.1, 0.15) is 5.56 Å². The number of amides is 1. The Morgan fingerprint density at radius 1 is 1.40 bits per heavy atom. The topological polar surface area (TPSA) is 92.5 Å². The Morgan fingerprint density at radius 3 is 2.45 bits per heavy atom. The highest BCUT2D eigenvalue weighted by Crippen LogP contribution is 2.22. The smallest absolute Gasteiger partial charge is 0.285 e. The van der Waals surface area contributed by atoms with Crippen LogP contribution in [0.4, 0.5) is 14.5 Å². The van der Waals surface area contributed by atoms with Gasteiger partial charge in [-0.2, -0.15) is 0 Å². The highest BCUT2D eigenvalue weighted by molar-refractivity contribution is 5.98. The third-order valence-electron chi connectivity index (χ3n) is 2.98. The van der Waals surface area contributed by atoms with Crippen molar-refractivity contribution in [3.05, 3.63) is 39.4 Å². The van der Waals surface area contributed by atoms with E-state index < -0.39 is 39.8 Å². The van der Waals surface area contributed by atoms with Crippen molar-refractivity contribution in [2.45, 2.75) is 19.9 Å². The van der Waals surface area contributed by atoms with Gasteiger partial charge in [-0.05, 0) is 18.9 Å². The van der Waals surface area contributed by atoms with Gasteiger partial charge in [0.15, 0.2) is 11.6 Å². The minimum Gasteiger partial charge on any atom is -0.396 e. The van der Waals surface area contributed by atoms with Crippen molar-refractivity contribution in [2.24, 2.45) is 5.92 Å². The number of carbonyl (C=O) groups excluding carboxylic acids is 1. The van der Waals surface area contributed by atoms with Gasteiger partial charge in [-0.15, -0.1) is 0 Å². The lowest BCUT2D eigenvalue weighted by Crippen LogP contribution is -2.38. The number of aliphatic hydroxyl groups excluding tert-OH is 1. The summed E-state index contributed by atoms with van der Waals surface area (Å²) in [5.41, 5.74) is -1.38. The van der Waals surface area contributed by atoms with Crippen LogP contribution in [0.25, 0.3) is 0 Å². The highest BCUT2D eigenvalue weighted by atomic mass is 19.2. The molecule has 0 saturated carbocycles. The first kappa shape index (κ1) is 16.0. The minimum absolute atomic E-state index is 0.193. The van der Waals surface area contributed by atoms with Crippen molar-refractivity contribution >= 4 is 11.6 Å². The van der Waals surface area contributed by atoms with Gasteiger partial charge in [-0.25, -0.2) is 8.78 Å². The fourth-order valence-electron chi connectivity index (χ4n) is 1.45. The van der Waals surface area contributed by atoms with Crippen molar-refractivity contribution < 1.29 is 23.6 Å². The summed E-state index contributed by atoms with van der Waals surface area (Å²) in [7, 11) is 0. The average molecular weight is 288 g/mol. The van der Waals surface area contributed by atoms with Crippen LogP contribution in [-0.2, 0) is 0 Å². The van der Waals surface area contributed by atoms with Crippen LogP contribution in [-0.4, -0.2) is 28.6 Å². The van der Waals surface area contributed by atoms with E-state index in [4.69, 9.17) is 5.11 Å². The number of rotatable bonds is 5. The Kier molecular flexibility index (Phi) is 5.09. The molecule has 0 fully saturated rings. The van der Waals surface area contributed by atoms with E-state index in [1.54, 1.807) is 13.8 Å². The second-order valence-electron chi connectivity index (χ2n) is 4.46. The fraction of sp³-hybridized carbons (Fsp3) is 0.417. The van der Waals surface area contributed by atoms with E-state index in [2.05, 4.69) is 5.32 Å². The molecule has 1 aromatic carbocycles. The van der Waals surface area contributed by atoms with E-state index >= 15 is 0 Å². The van der Waals surface area contributed by atoms with Gasteiger partial charge >= 0.3 is 0 Å². The summed E-state index contributed by atoms with van der Waals surface area (Å²) < 4.78 is 26.1. The lowest BCUT2D eigenvalue weighted by atomic mass is 10.0. The molecule has 0 spiro atoms. The summed E-state index contributed by atoms with van der Waals surface area (Å²) in [6.07, 6.45) is 0. The molecule has 1 aromatic rings. The van der Waals surface area contributed by atoms with Crippen molar-refractivity contribution in [1.29, 1.82) is 0 Å². The second-order valence-corrected chi connectivity index (χ2v) is 4.46. The molecule has 2 atom stereocenters. The Hall–Kier alpha value is -2.09. The molecular formula is C12H14F2N2O4. The molecule has 0 bridgehead atoms. The van der Waals surface area contributed by atoms with Crippen molar-refractivity contribution in [2.75, 3.05) is 6.61 Å². The predicted molar refractivity (Wildman–Crippen MR) is 66.2 cm³/mol. The van der Waals surface area contributed by atoms with Gasteiger partial charge in [-0.1, -0.05) is 6.92 Å². The SMILES string of the molecule is CC(CO)C(C)NC(=O)c1cc(F)c(F)cc1[N+](=O)[O-]. The highest BCUT2D eigenvalue weighted by Gasteiger charge is 2.25. The number of halogens is 2. The summed E-state index contributed by atoms with van der Waals surface area (Å²) in [6.45, 7) is 3.05. The normalized spacial score (nSPS) is 13.7. The molecule has 0 aliphatic rings. The molecule has 0 heterocycles. The first-order chi connectivity index (χ1) is 9.27. The van der Waals surface area contributed by atoms with Crippen LogP contribution in [0.2, 0.25) is 0 Å². The van der Waals surface area contributed by atoms with E-state index in [1.807, 2.05) is 0 Å². The molecule has 2 N–H and O–H groups in total. The quantitative estimate of drug-likeness (QED) is 0.636. The van der Waals surface area contributed by atoms with Gasteiger partial charge < -0.3 is 10.4 Å². The average Bonchev–Trinajstić information content (AvgIpc) is 2.39. The van der Waals surface area contributed by atoms with Crippen molar-refractivity contribution in [1.82, 2.24) is 5.32 Å². The van der Waals surface area contributed by atoms with Crippen molar-refractivity contribution in [3.63, 3.8) is 0 Å².